The molecular weight excluding hydrogens is 348 g/mol. The number of carbonyl (C=O) groups excluding carboxylic acids is 1. The first-order chi connectivity index (χ1) is 12.4. The highest BCUT2D eigenvalue weighted by atomic mass is 32.2. The van der Waals surface area contributed by atoms with E-state index in [0.29, 0.717) is 11.3 Å². The molecule has 2 heterocycles. The monoisotopic (exact) mass is 368 g/mol. The van der Waals surface area contributed by atoms with E-state index in [-0.39, 0.29) is 23.9 Å². The van der Waals surface area contributed by atoms with Crippen molar-refractivity contribution in [1.82, 2.24) is 9.38 Å². The highest BCUT2D eigenvalue weighted by Gasteiger charge is 2.09. The van der Waals surface area contributed by atoms with Crippen LogP contribution in [0.3, 0.4) is 0 Å². The minimum atomic E-state index is -0.331. The number of rotatable bonds is 5. The van der Waals surface area contributed by atoms with Crippen LogP contribution in [0.4, 0.5) is 0 Å². The van der Waals surface area contributed by atoms with E-state index in [1.807, 2.05) is 39.0 Å². The summed E-state index contributed by atoms with van der Waals surface area (Å²) >= 11 is 1.45. The maximum atomic E-state index is 12.2. The Morgan fingerprint density at radius 1 is 1.15 bits per heavy atom. The van der Waals surface area contributed by atoms with Gasteiger partial charge in [-0.05, 0) is 44.0 Å². The third kappa shape index (κ3) is 4.14. The van der Waals surface area contributed by atoms with E-state index >= 15 is 0 Å². The maximum absolute atomic E-state index is 12.2. The van der Waals surface area contributed by atoms with Gasteiger partial charge < -0.3 is 4.74 Å². The number of aromatic nitrogens is 2. The lowest BCUT2D eigenvalue weighted by Crippen LogP contribution is -2.17. The molecule has 2 aromatic heterocycles. The van der Waals surface area contributed by atoms with Gasteiger partial charge >= 0.3 is 5.97 Å². The minimum Gasteiger partial charge on any atom is -0.459 e. The standard InChI is InChI=1S/C20H20N2O3S/c1-13-6-7-14(2)17(9-13)26-12-19(24)25-11-16-10-18(23)22-8-4-5-15(3)20(22)21-16/h4-10H,11-12H2,1-3H3. The second-order valence-electron chi connectivity index (χ2n) is 6.19. The molecule has 26 heavy (non-hydrogen) atoms. The zero-order valence-electron chi connectivity index (χ0n) is 15.0. The van der Waals surface area contributed by atoms with Crippen molar-refractivity contribution in [2.75, 3.05) is 5.75 Å². The number of benzene rings is 1. The lowest BCUT2D eigenvalue weighted by Gasteiger charge is -2.08. The number of fused-ring (bicyclic) bond motifs is 1. The number of carbonyl (C=O) groups is 1. The van der Waals surface area contributed by atoms with Crippen molar-refractivity contribution in [3.63, 3.8) is 0 Å². The summed E-state index contributed by atoms with van der Waals surface area (Å²) in [6.45, 7) is 5.92. The molecule has 6 heteroatoms. The number of nitrogens with zero attached hydrogens (tertiary/aromatic N) is 2. The predicted octanol–water partition coefficient (Wildman–Crippen LogP) is 3.46. The number of hydrogen-bond acceptors (Lipinski definition) is 5. The van der Waals surface area contributed by atoms with Gasteiger partial charge in [0.2, 0.25) is 0 Å². The smallest absolute Gasteiger partial charge is 0.316 e. The van der Waals surface area contributed by atoms with Crippen LogP contribution in [0.15, 0.2) is 52.3 Å². The Labute approximate surface area is 156 Å². The summed E-state index contributed by atoms with van der Waals surface area (Å²) in [6, 6.07) is 11.2. The number of thioether (sulfide) groups is 1. The van der Waals surface area contributed by atoms with Crippen molar-refractivity contribution in [3.8, 4) is 0 Å². The average Bonchev–Trinajstić information content (AvgIpc) is 2.61. The SMILES string of the molecule is Cc1ccc(C)c(SCC(=O)OCc2cc(=O)n3cccc(C)c3n2)c1. The van der Waals surface area contributed by atoms with Gasteiger partial charge in [0.1, 0.15) is 12.3 Å². The zero-order valence-corrected chi connectivity index (χ0v) is 15.8. The normalized spacial score (nSPS) is 10.9. The fourth-order valence-electron chi connectivity index (χ4n) is 2.58. The molecule has 3 rings (SSSR count). The molecule has 134 valence electrons. The van der Waals surface area contributed by atoms with E-state index < -0.39 is 0 Å². The van der Waals surface area contributed by atoms with E-state index in [1.54, 1.807) is 12.3 Å². The first-order valence-electron chi connectivity index (χ1n) is 8.27. The van der Waals surface area contributed by atoms with Crippen LogP contribution in [-0.2, 0) is 16.1 Å². The summed E-state index contributed by atoms with van der Waals surface area (Å²) in [6.07, 6.45) is 1.67. The van der Waals surface area contributed by atoms with Crippen LogP contribution in [0.25, 0.3) is 5.65 Å². The van der Waals surface area contributed by atoms with Crippen LogP contribution < -0.4 is 5.56 Å². The molecule has 0 unspecified atom stereocenters. The average molecular weight is 368 g/mol. The number of pyridine rings is 1. The topological polar surface area (TPSA) is 60.7 Å². The molecule has 0 amide bonds. The third-order valence-electron chi connectivity index (χ3n) is 4.01. The minimum absolute atomic E-state index is 0.00767. The molecule has 0 bridgehead atoms. The van der Waals surface area contributed by atoms with E-state index in [2.05, 4.69) is 11.1 Å². The second kappa shape index (κ2) is 7.74. The van der Waals surface area contributed by atoms with E-state index in [1.165, 1.54) is 22.2 Å². The number of aryl methyl sites for hydroxylation is 3. The summed E-state index contributed by atoms with van der Waals surface area (Å²) in [7, 11) is 0. The van der Waals surface area contributed by atoms with Crippen molar-refractivity contribution in [1.29, 1.82) is 0 Å². The molecular formula is C20H20N2O3S. The Kier molecular flexibility index (Phi) is 5.42. The molecule has 1 aromatic carbocycles. The van der Waals surface area contributed by atoms with Gasteiger partial charge in [0.25, 0.3) is 5.56 Å². The van der Waals surface area contributed by atoms with E-state index in [4.69, 9.17) is 4.74 Å². The van der Waals surface area contributed by atoms with Gasteiger partial charge in [-0.1, -0.05) is 23.8 Å². The van der Waals surface area contributed by atoms with Crippen LogP contribution >= 0.6 is 11.8 Å². The Morgan fingerprint density at radius 3 is 2.77 bits per heavy atom. The van der Waals surface area contributed by atoms with Crippen molar-refractivity contribution in [3.05, 3.63) is 75.3 Å². The van der Waals surface area contributed by atoms with Gasteiger partial charge in [-0.3, -0.25) is 14.0 Å². The molecule has 0 aliphatic rings. The summed E-state index contributed by atoms with van der Waals surface area (Å²) < 4.78 is 6.78. The first kappa shape index (κ1) is 18.2. The highest BCUT2D eigenvalue weighted by molar-refractivity contribution is 8.00. The summed E-state index contributed by atoms with van der Waals surface area (Å²) in [4.78, 5) is 29.7. The van der Waals surface area contributed by atoms with Gasteiger partial charge in [0.15, 0.2) is 0 Å². The fraction of sp³-hybridized carbons (Fsp3) is 0.250. The predicted molar refractivity (Wildman–Crippen MR) is 103 cm³/mol. The summed E-state index contributed by atoms with van der Waals surface area (Å²) in [5.41, 5.74) is 4.03. The van der Waals surface area contributed by atoms with Crippen LogP contribution in [0.2, 0.25) is 0 Å². The fourth-order valence-corrected chi connectivity index (χ4v) is 3.50. The van der Waals surface area contributed by atoms with Crippen molar-refractivity contribution >= 4 is 23.4 Å². The molecule has 0 atom stereocenters. The number of hydrogen-bond donors (Lipinski definition) is 0. The van der Waals surface area contributed by atoms with Crippen molar-refractivity contribution < 1.29 is 9.53 Å². The molecule has 0 N–H and O–H groups in total. The second-order valence-corrected chi connectivity index (χ2v) is 7.21. The summed E-state index contributed by atoms with van der Waals surface area (Å²) in [5.74, 6) is -0.113. The van der Waals surface area contributed by atoms with Gasteiger partial charge in [0, 0.05) is 17.2 Å². The molecule has 5 nitrogen and oxygen atoms in total. The number of esters is 1. The lowest BCUT2D eigenvalue weighted by atomic mass is 10.2. The van der Waals surface area contributed by atoms with Gasteiger partial charge in [-0.15, -0.1) is 11.8 Å². The van der Waals surface area contributed by atoms with Crippen molar-refractivity contribution in [2.24, 2.45) is 0 Å². The molecule has 3 aromatic rings. The molecule has 0 saturated carbocycles. The Bertz CT molecular complexity index is 1030. The van der Waals surface area contributed by atoms with Crippen molar-refractivity contribution in [2.45, 2.75) is 32.3 Å². The summed E-state index contributed by atoms with van der Waals surface area (Å²) in [5, 5.41) is 0. The zero-order chi connectivity index (χ0) is 18.7. The quantitative estimate of drug-likeness (QED) is 0.510. The molecule has 0 fully saturated rings. The maximum Gasteiger partial charge on any atom is 0.316 e. The third-order valence-corrected chi connectivity index (χ3v) is 5.14. The van der Waals surface area contributed by atoms with Crippen LogP contribution in [0.1, 0.15) is 22.4 Å². The number of ether oxygens (including phenoxy) is 1. The largest absolute Gasteiger partial charge is 0.459 e. The Balaban J connectivity index is 1.64. The van der Waals surface area contributed by atoms with Crippen LogP contribution in [0, 0.1) is 20.8 Å². The van der Waals surface area contributed by atoms with E-state index in [9.17, 15) is 9.59 Å². The Morgan fingerprint density at radius 2 is 1.96 bits per heavy atom. The van der Waals surface area contributed by atoms with Gasteiger partial charge in [-0.2, -0.15) is 0 Å². The van der Waals surface area contributed by atoms with Gasteiger partial charge in [0.05, 0.1) is 11.4 Å². The highest BCUT2D eigenvalue weighted by Crippen LogP contribution is 2.23. The lowest BCUT2D eigenvalue weighted by molar-refractivity contribution is -0.141. The molecule has 0 radical (unpaired) electrons. The molecule has 0 aliphatic heterocycles. The van der Waals surface area contributed by atoms with Crippen LogP contribution in [-0.4, -0.2) is 21.1 Å². The molecule has 0 saturated heterocycles. The van der Waals surface area contributed by atoms with E-state index in [0.717, 1.165) is 21.6 Å². The molecule has 0 aliphatic carbocycles. The molecule has 0 spiro atoms. The van der Waals surface area contributed by atoms with Crippen LogP contribution in [0.5, 0.6) is 0 Å². The first-order valence-corrected chi connectivity index (χ1v) is 9.26. The van der Waals surface area contributed by atoms with Gasteiger partial charge in [-0.25, -0.2) is 4.98 Å². The Hall–Kier alpha value is -2.60.